The molecule has 0 radical (unpaired) electrons. The van der Waals surface area contributed by atoms with Crippen molar-refractivity contribution in [2.45, 2.75) is 50.7 Å². The minimum Gasteiger partial charge on any atom is -0.394 e. The molecule has 2 atom stereocenters. The lowest BCUT2D eigenvalue weighted by atomic mass is 9.96. The molecule has 1 fully saturated rings. The van der Waals surface area contributed by atoms with Crippen LogP contribution in [-0.2, 0) is 9.47 Å². The van der Waals surface area contributed by atoms with Crippen LogP contribution in [0.15, 0.2) is 0 Å². The van der Waals surface area contributed by atoms with Crippen molar-refractivity contribution < 1.29 is 14.6 Å². The molecular formula is C13H27NO3. The van der Waals surface area contributed by atoms with Crippen molar-refractivity contribution in [2.75, 3.05) is 33.5 Å². The highest BCUT2D eigenvalue weighted by atomic mass is 16.5. The first-order valence-corrected chi connectivity index (χ1v) is 6.69. The van der Waals surface area contributed by atoms with E-state index in [2.05, 4.69) is 5.32 Å². The number of ether oxygens (including phenoxy) is 2. The van der Waals surface area contributed by atoms with E-state index in [1.165, 1.54) is 6.42 Å². The second kappa shape index (κ2) is 8.03. The molecule has 0 amide bonds. The molecule has 4 heteroatoms. The third-order valence-electron chi connectivity index (χ3n) is 3.55. The van der Waals surface area contributed by atoms with Gasteiger partial charge in [0.15, 0.2) is 0 Å². The van der Waals surface area contributed by atoms with Crippen LogP contribution in [0, 0.1) is 0 Å². The quantitative estimate of drug-likeness (QED) is 0.602. The largest absolute Gasteiger partial charge is 0.394 e. The number of hydrogen-bond acceptors (Lipinski definition) is 4. The van der Waals surface area contributed by atoms with Gasteiger partial charge in [-0.15, -0.1) is 0 Å². The predicted molar refractivity (Wildman–Crippen MR) is 68.2 cm³/mol. The van der Waals surface area contributed by atoms with Gasteiger partial charge in [0.05, 0.1) is 19.3 Å². The van der Waals surface area contributed by atoms with Gasteiger partial charge in [0, 0.05) is 18.8 Å². The van der Waals surface area contributed by atoms with Crippen LogP contribution in [0.5, 0.6) is 0 Å². The Hall–Kier alpha value is -0.160. The summed E-state index contributed by atoms with van der Waals surface area (Å²) in [6, 6.07) is 0. The Morgan fingerprint density at radius 2 is 2.29 bits per heavy atom. The van der Waals surface area contributed by atoms with E-state index in [0.29, 0.717) is 6.10 Å². The SMILES string of the molecule is CNC(C)(CO)CCCCOCC1CCCO1. The van der Waals surface area contributed by atoms with Crippen LogP contribution in [0.1, 0.15) is 39.0 Å². The highest BCUT2D eigenvalue weighted by Crippen LogP contribution is 2.14. The smallest absolute Gasteiger partial charge is 0.0809 e. The van der Waals surface area contributed by atoms with Crippen LogP contribution in [0.2, 0.25) is 0 Å². The number of rotatable bonds is 9. The summed E-state index contributed by atoms with van der Waals surface area (Å²) in [4.78, 5) is 0. The van der Waals surface area contributed by atoms with E-state index in [1.54, 1.807) is 0 Å². The van der Waals surface area contributed by atoms with Gasteiger partial charge in [-0.1, -0.05) is 0 Å². The minimum absolute atomic E-state index is 0.144. The van der Waals surface area contributed by atoms with Crippen molar-refractivity contribution >= 4 is 0 Å². The second-order valence-electron chi connectivity index (χ2n) is 5.14. The minimum atomic E-state index is -0.144. The van der Waals surface area contributed by atoms with Gasteiger partial charge in [-0.2, -0.15) is 0 Å². The summed E-state index contributed by atoms with van der Waals surface area (Å²) in [7, 11) is 1.89. The summed E-state index contributed by atoms with van der Waals surface area (Å²) >= 11 is 0. The maximum Gasteiger partial charge on any atom is 0.0809 e. The van der Waals surface area contributed by atoms with Crippen LogP contribution < -0.4 is 5.32 Å². The van der Waals surface area contributed by atoms with Crippen LogP contribution >= 0.6 is 0 Å². The summed E-state index contributed by atoms with van der Waals surface area (Å²) in [5.41, 5.74) is -0.144. The van der Waals surface area contributed by atoms with Gasteiger partial charge in [0.1, 0.15) is 0 Å². The van der Waals surface area contributed by atoms with E-state index < -0.39 is 0 Å². The average Bonchev–Trinajstić information content (AvgIpc) is 2.86. The molecule has 1 heterocycles. The van der Waals surface area contributed by atoms with Gasteiger partial charge >= 0.3 is 0 Å². The predicted octanol–water partition coefficient (Wildman–Crippen LogP) is 1.32. The Kier molecular flexibility index (Phi) is 7.04. The first-order chi connectivity index (χ1) is 8.20. The fraction of sp³-hybridized carbons (Fsp3) is 1.00. The Balaban J connectivity index is 1.93. The maximum absolute atomic E-state index is 9.22. The van der Waals surface area contributed by atoms with Crippen molar-refractivity contribution in [2.24, 2.45) is 0 Å². The Labute approximate surface area is 105 Å². The van der Waals surface area contributed by atoms with Crippen molar-refractivity contribution in [1.82, 2.24) is 5.32 Å². The Morgan fingerprint density at radius 3 is 2.88 bits per heavy atom. The number of likely N-dealkylation sites (N-methyl/N-ethyl adjacent to an activating group) is 1. The molecule has 0 aromatic heterocycles. The Morgan fingerprint density at radius 1 is 1.47 bits per heavy atom. The second-order valence-corrected chi connectivity index (χ2v) is 5.14. The van der Waals surface area contributed by atoms with E-state index in [1.807, 2.05) is 14.0 Å². The lowest BCUT2D eigenvalue weighted by molar-refractivity contribution is 0.0155. The van der Waals surface area contributed by atoms with Crippen molar-refractivity contribution in [3.05, 3.63) is 0 Å². The number of nitrogens with one attached hydrogen (secondary N) is 1. The topological polar surface area (TPSA) is 50.7 Å². The zero-order valence-corrected chi connectivity index (χ0v) is 11.2. The number of unbranched alkanes of at least 4 members (excludes halogenated alkanes) is 1. The molecule has 1 aliphatic rings. The third kappa shape index (κ3) is 5.82. The van der Waals surface area contributed by atoms with Crippen molar-refractivity contribution in [1.29, 1.82) is 0 Å². The normalized spacial score (nSPS) is 23.8. The monoisotopic (exact) mass is 245 g/mol. The molecule has 17 heavy (non-hydrogen) atoms. The molecule has 0 spiro atoms. The summed E-state index contributed by atoms with van der Waals surface area (Å²) in [5, 5.41) is 12.4. The molecule has 1 saturated heterocycles. The molecule has 1 aliphatic heterocycles. The zero-order valence-electron chi connectivity index (χ0n) is 11.2. The summed E-state index contributed by atoms with van der Waals surface area (Å²) < 4.78 is 11.1. The van der Waals surface area contributed by atoms with Gasteiger partial charge in [-0.05, 0) is 46.1 Å². The fourth-order valence-electron chi connectivity index (χ4n) is 1.99. The summed E-state index contributed by atoms with van der Waals surface area (Å²) in [5.74, 6) is 0. The Bertz CT molecular complexity index is 189. The maximum atomic E-state index is 9.22. The number of hydrogen-bond donors (Lipinski definition) is 2. The molecule has 0 saturated carbocycles. The zero-order chi connectivity index (χ0) is 12.6. The average molecular weight is 245 g/mol. The first-order valence-electron chi connectivity index (χ1n) is 6.69. The van der Waals surface area contributed by atoms with Crippen LogP contribution in [0.3, 0.4) is 0 Å². The van der Waals surface area contributed by atoms with Gasteiger partial charge in [-0.3, -0.25) is 0 Å². The van der Waals surface area contributed by atoms with Crippen LogP contribution in [0.25, 0.3) is 0 Å². The molecule has 1 rings (SSSR count). The van der Waals surface area contributed by atoms with E-state index in [4.69, 9.17) is 9.47 Å². The van der Waals surface area contributed by atoms with Gasteiger partial charge < -0.3 is 19.9 Å². The fourth-order valence-corrected chi connectivity index (χ4v) is 1.99. The summed E-state index contributed by atoms with van der Waals surface area (Å²) in [6.45, 7) is 4.65. The molecule has 0 aromatic carbocycles. The number of aliphatic hydroxyl groups is 1. The van der Waals surface area contributed by atoms with E-state index >= 15 is 0 Å². The molecule has 0 aromatic rings. The first kappa shape index (κ1) is 14.9. The molecular weight excluding hydrogens is 218 g/mol. The molecule has 2 N–H and O–H groups in total. The highest BCUT2D eigenvalue weighted by Gasteiger charge is 2.19. The van der Waals surface area contributed by atoms with Crippen molar-refractivity contribution in [3.8, 4) is 0 Å². The lowest BCUT2D eigenvalue weighted by Crippen LogP contribution is -2.43. The van der Waals surface area contributed by atoms with E-state index in [-0.39, 0.29) is 12.1 Å². The third-order valence-corrected chi connectivity index (χ3v) is 3.55. The highest BCUT2D eigenvalue weighted by molar-refractivity contribution is 4.79. The molecule has 4 nitrogen and oxygen atoms in total. The number of aliphatic hydroxyl groups excluding tert-OH is 1. The van der Waals surface area contributed by atoms with Crippen LogP contribution in [0.4, 0.5) is 0 Å². The van der Waals surface area contributed by atoms with Crippen molar-refractivity contribution in [3.63, 3.8) is 0 Å². The summed E-state index contributed by atoms with van der Waals surface area (Å²) in [6.07, 6.45) is 5.74. The molecule has 2 unspecified atom stereocenters. The van der Waals surface area contributed by atoms with E-state index in [0.717, 1.165) is 45.5 Å². The molecule has 0 bridgehead atoms. The lowest BCUT2D eigenvalue weighted by Gasteiger charge is -2.26. The van der Waals surface area contributed by atoms with Crippen LogP contribution in [-0.4, -0.2) is 50.2 Å². The van der Waals surface area contributed by atoms with E-state index in [9.17, 15) is 5.11 Å². The molecule has 102 valence electrons. The standard InChI is InChI=1S/C13H27NO3/c1-13(11-15,14-2)7-3-4-8-16-10-12-6-5-9-17-12/h12,14-15H,3-11H2,1-2H3. The van der Waals surface area contributed by atoms with Gasteiger partial charge in [-0.25, -0.2) is 0 Å². The van der Waals surface area contributed by atoms with Gasteiger partial charge in [0.2, 0.25) is 0 Å². The van der Waals surface area contributed by atoms with Gasteiger partial charge in [0.25, 0.3) is 0 Å². The molecule has 0 aliphatic carbocycles.